The van der Waals surface area contributed by atoms with Crippen LogP contribution in [0.2, 0.25) is 0 Å². The number of nitrogens with one attached hydrogen (secondary N) is 3. The second-order valence-corrected chi connectivity index (χ2v) is 8.05. The minimum Gasteiger partial charge on any atom is -0.360 e. The summed E-state index contributed by atoms with van der Waals surface area (Å²) in [4.78, 5) is 27.9. The second kappa shape index (κ2) is 7.34. The Balaban J connectivity index is 1.83. The molecule has 8 heteroatoms. The summed E-state index contributed by atoms with van der Waals surface area (Å²) < 4.78 is 26.7. The van der Waals surface area contributed by atoms with Gasteiger partial charge in [-0.25, -0.2) is 13.1 Å². The molecule has 1 amide bonds. The van der Waals surface area contributed by atoms with Crippen LogP contribution >= 0.6 is 0 Å². The number of anilines is 1. The Hall–Kier alpha value is -2.97. The maximum absolute atomic E-state index is 12.5. The van der Waals surface area contributed by atoms with Gasteiger partial charge in [0, 0.05) is 28.8 Å². The summed E-state index contributed by atoms with van der Waals surface area (Å²) in [5.41, 5.74) is 0.636. The van der Waals surface area contributed by atoms with Crippen molar-refractivity contribution >= 4 is 32.5 Å². The standard InChI is InChI=1S/C19H19N3O4S/c1-12(2)22-27(25,26)14-9-7-13(8-10-14)21-19(24)16-11-20-17-6-4-3-5-15(17)18(16)23/h3-12,22H,1-2H3,(H,20,23)(H,21,24). The van der Waals surface area contributed by atoms with Crippen molar-refractivity contribution in [3.8, 4) is 0 Å². The van der Waals surface area contributed by atoms with Crippen molar-refractivity contribution in [1.82, 2.24) is 9.71 Å². The van der Waals surface area contributed by atoms with Gasteiger partial charge in [-0.1, -0.05) is 12.1 Å². The number of hydrogen-bond acceptors (Lipinski definition) is 4. The Labute approximate surface area is 156 Å². The molecule has 0 radical (unpaired) electrons. The van der Waals surface area contributed by atoms with E-state index in [-0.39, 0.29) is 21.9 Å². The zero-order chi connectivity index (χ0) is 19.6. The van der Waals surface area contributed by atoms with Crippen molar-refractivity contribution in [3.05, 3.63) is 70.5 Å². The number of fused-ring (bicyclic) bond motifs is 1. The lowest BCUT2D eigenvalue weighted by molar-refractivity contribution is 0.102. The summed E-state index contributed by atoms with van der Waals surface area (Å²) in [6.45, 7) is 3.46. The minimum absolute atomic E-state index is 0.0214. The van der Waals surface area contributed by atoms with Crippen LogP contribution in [0.5, 0.6) is 0 Å². The van der Waals surface area contributed by atoms with Crippen LogP contribution in [0.3, 0.4) is 0 Å². The summed E-state index contributed by atoms with van der Waals surface area (Å²) >= 11 is 0. The molecular weight excluding hydrogens is 366 g/mol. The van der Waals surface area contributed by atoms with E-state index in [9.17, 15) is 18.0 Å². The molecule has 1 heterocycles. The topological polar surface area (TPSA) is 108 Å². The van der Waals surface area contributed by atoms with Crippen LogP contribution in [0.15, 0.2) is 64.4 Å². The SMILES string of the molecule is CC(C)NS(=O)(=O)c1ccc(NC(=O)c2c[nH]c3ccccc3c2=O)cc1. The van der Waals surface area contributed by atoms with E-state index in [1.54, 1.807) is 38.1 Å². The van der Waals surface area contributed by atoms with Crippen molar-refractivity contribution in [1.29, 1.82) is 0 Å². The molecule has 0 aliphatic heterocycles. The zero-order valence-electron chi connectivity index (χ0n) is 14.8. The first-order valence-corrected chi connectivity index (χ1v) is 9.80. The highest BCUT2D eigenvalue weighted by Crippen LogP contribution is 2.15. The molecule has 0 spiro atoms. The van der Waals surface area contributed by atoms with E-state index < -0.39 is 15.9 Å². The normalized spacial score (nSPS) is 11.7. The minimum atomic E-state index is -3.61. The summed E-state index contributed by atoms with van der Waals surface area (Å²) in [5, 5.41) is 3.03. The van der Waals surface area contributed by atoms with Crippen molar-refractivity contribution < 1.29 is 13.2 Å². The molecule has 1 aromatic heterocycles. The van der Waals surface area contributed by atoms with Gasteiger partial charge < -0.3 is 10.3 Å². The molecule has 0 fully saturated rings. The quantitative estimate of drug-likeness (QED) is 0.627. The first-order valence-electron chi connectivity index (χ1n) is 8.32. The molecular formula is C19H19N3O4S. The maximum Gasteiger partial charge on any atom is 0.261 e. The third-order valence-corrected chi connectivity index (χ3v) is 5.52. The van der Waals surface area contributed by atoms with Gasteiger partial charge in [0.05, 0.1) is 4.90 Å². The molecule has 7 nitrogen and oxygen atoms in total. The average Bonchev–Trinajstić information content (AvgIpc) is 2.61. The number of amides is 1. The number of rotatable bonds is 5. The fourth-order valence-corrected chi connectivity index (χ4v) is 3.88. The molecule has 0 bridgehead atoms. The molecule has 140 valence electrons. The van der Waals surface area contributed by atoms with Gasteiger partial charge in [0.25, 0.3) is 5.91 Å². The molecule has 27 heavy (non-hydrogen) atoms. The summed E-state index contributed by atoms with van der Waals surface area (Å²) in [6.07, 6.45) is 1.37. The smallest absolute Gasteiger partial charge is 0.261 e. The Bertz CT molecular complexity index is 1150. The Morgan fingerprint density at radius 2 is 1.70 bits per heavy atom. The van der Waals surface area contributed by atoms with E-state index in [4.69, 9.17) is 0 Å². The van der Waals surface area contributed by atoms with Crippen LogP contribution in [0.4, 0.5) is 5.69 Å². The highest BCUT2D eigenvalue weighted by atomic mass is 32.2. The van der Waals surface area contributed by atoms with Gasteiger partial charge in [0.1, 0.15) is 5.56 Å². The summed E-state index contributed by atoms with van der Waals surface area (Å²) in [6, 6.07) is 12.4. The van der Waals surface area contributed by atoms with Crippen molar-refractivity contribution in [2.45, 2.75) is 24.8 Å². The maximum atomic E-state index is 12.5. The molecule has 0 unspecified atom stereocenters. The predicted octanol–water partition coefficient (Wildman–Crippen LogP) is 2.47. The zero-order valence-corrected chi connectivity index (χ0v) is 15.6. The molecule has 2 aromatic carbocycles. The monoisotopic (exact) mass is 385 g/mol. The number of pyridine rings is 1. The van der Waals surface area contributed by atoms with Gasteiger partial charge in [-0.3, -0.25) is 9.59 Å². The Kier molecular flexibility index (Phi) is 5.11. The number of aromatic nitrogens is 1. The van der Waals surface area contributed by atoms with Crippen molar-refractivity contribution in [3.63, 3.8) is 0 Å². The van der Waals surface area contributed by atoms with Gasteiger partial charge in [-0.05, 0) is 50.2 Å². The molecule has 3 aromatic rings. The number of aromatic amines is 1. The molecule has 0 saturated carbocycles. The highest BCUT2D eigenvalue weighted by Gasteiger charge is 2.16. The van der Waals surface area contributed by atoms with E-state index in [0.717, 1.165) is 0 Å². The number of sulfonamides is 1. The number of carbonyl (C=O) groups is 1. The summed E-state index contributed by atoms with van der Waals surface area (Å²) in [7, 11) is -3.61. The number of H-pyrrole nitrogens is 1. The fourth-order valence-electron chi connectivity index (χ4n) is 2.63. The van der Waals surface area contributed by atoms with Crippen LogP contribution in [-0.4, -0.2) is 25.4 Å². The van der Waals surface area contributed by atoms with E-state index in [2.05, 4.69) is 15.0 Å². The average molecular weight is 385 g/mol. The van der Waals surface area contributed by atoms with Crippen LogP contribution in [-0.2, 0) is 10.0 Å². The van der Waals surface area contributed by atoms with Crippen LogP contribution in [0, 0.1) is 0 Å². The molecule has 0 atom stereocenters. The van der Waals surface area contributed by atoms with E-state index in [1.165, 1.54) is 30.5 Å². The number of carbonyl (C=O) groups excluding carboxylic acids is 1. The lowest BCUT2D eigenvalue weighted by Crippen LogP contribution is -2.30. The Morgan fingerprint density at radius 3 is 2.37 bits per heavy atom. The van der Waals surface area contributed by atoms with Crippen molar-refractivity contribution in [2.24, 2.45) is 0 Å². The van der Waals surface area contributed by atoms with Gasteiger partial charge in [0.2, 0.25) is 15.5 Å². The van der Waals surface area contributed by atoms with E-state index >= 15 is 0 Å². The van der Waals surface area contributed by atoms with Gasteiger partial charge in [-0.15, -0.1) is 0 Å². The van der Waals surface area contributed by atoms with E-state index in [1.807, 2.05) is 0 Å². The van der Waals surface area contributed by atoms with Gasteiger partial charge >= 0.3 is 0 Å². The van der Waals surface area contributed by atoms with Crippen molar-refractivity contribution in [2.75, 3.05) is 5.32 Å². The van der Waals surface area contributed by atoms with Gasteiger partial charge in [0.15, 0.2) is 0 Å². The molecule has 3 N–H and O–H groups in total. The third-order valence-electron chi connectivity index (χ3n) is 3.85. The predicted molar refractivity (Wildman–Crippen MR) is 104 cm³/mol. The molecule has 0 aliphatic carbocycles. The first kappa shape index (κ1) is 18.8. The third kappa shape index (κ3) is 4.07. The largest absolute Gasteiger partial charge is 0.360 e. The molecule has 3 rings (SSSR count). The first-order chi connectivity index (χ1) is 12.8. The molecule has 0 aliphatic rings. The van der Waals surface area contributed by atoms with Gasteiger partial charge in [-0.2, -0.15) is 0 Å². The second-order valence-electron chi connectivity index (χ2n) is 6.33. The fraction of sp³-hybridized carbons (Fsp3) is 0.158. The summed E-state index contributed by atoms with van der Waals surface area (Å²) in [5.74, 6) is -0.571. The number of hydrogen-bond donors (Lipinski definition) is 3. The number of para-hydroxylation sites is 1. The van der Waals surface area contributed by atoms with Crippen LogP contribution in [0.1, 0.15) is 24.2 Å². The Morgan fingerprint density at radius 1 is 1.04 bits per heavy atom. The highest BCUT2D eigenvalue weighted by molar-refractivity contribution is 7.89. The number of benzene rings is 2. The lowest BCUT2D eigenvalue weighted by Gasteiger charge is -2.10. The lowest BCUT2D eigenvalue weighted by atomic mass is 10.1. The molecule has 0 saturated heterocycles. The van der Waals surface area contributed by atoms with Crippen LogP contribution < -0.4 is 15.5 Å². The van der Waals surface area contributed by atoms with E-state index in [0.29, 0.717) is 16.6 Å². The van der Waals surface area contributed by atoms with Crippen LogP contribution in [0.25, 0.3) is 10.9 Å².